The minimum absolute atomic E-state index is 0.0942. The third kappa shape index (κ3) is 10.9. The Labute approximate surface area is 270 Å². The molecule has 2 aromatic carbocycles. The zero-order valence-corrected chi connectivity index (χ0v) is 28.4. The van der Waals surface area contributed by atoms with Crippen LogP contribution in [0.3, 0.4) is 0 Å². The molecule has 0 N–H and O–H groups in total. The smallest absolute Gasteiger partial charge is 0.465 e. The molecule has 2 aliphatic carbocycles. The number of hydrogen-bond acceptors (Lipinski definition) is 7. The number of rotatable bonds is 9. The molecule has 2 fully saturated rings. The lowest BCUT2D eigenvalue weighted by Gasteiger charge is -2.38. The number of carbonyl (C=O) groups is 2. The van der Waals surface area contributed by atoms with E-state index in [-0.39, 0.29) is 23.8 Å². The maximum atomic E-state index is 11.3. The fourth-order valence-corrected chi connectivity index (χ4v) is 5.68. The van der Waals surface area contributed by atoms with Gasteiger partial charge in [-0.1, -0.05) is 76.9 Å². The standard InChI is InChI=1S/C13H16O3.C13H20O2.C12H16O2/c1-5-10-6-8-11(9-7-10)15-12(14)16-13(2,3)4;1-5-11(14)15-10-8-9-6-7-13(10,4)12(9,2)3;1-4-11-6-8-12(9-7-11)14-10(3)13-5-2/h5-9H,1H2,2-4H3;5,9-10H,1,6-8H2,2-4H3;4,6-10H,1,5H2,2-3H3. The Kier molecular flexibility index (Phi) is 13.7. The second-order valence-corrected chi connectivity index (χ2v) is 13.0. The van der Waals surface area contributed by atoms with Gasteiger partial charge in [0.15, 0.2) is 6.29 Å². The van der Waals surface area contributed by atoms with Gasteiger partial charge in [0.25, 0.3) is 0 Å². The molecule has 0 saturated heterocycles. The van der Waals surface area contributed by atoms with E-state index in [1.54, 1.807) is 45.1 Å². The van der Waals surface area contributed by atoms with Gasteiger partial charge in [0.1, 0.15) is 23.2 Å². The average molecular weight is 621 g/mol. The monoisotopic (exact) mass is 620 g/mol. The van der Waals surface area contributed by atoms with Gasteiger partial charge in [-0.25, -0.2) is 9.59 Å². The van der Waals surface area contributed by atoms with Gasteiger partial charge >= 0.3 is 12.1 Å². The first kappa shape index (κ1) is 37.3. The molecule has 0 radical (unpaired) electrons. The van der Waals surface area contributed by atoms with Crippen molar-refractivity contribution in [3.05, 3.63) is 85.5 Å². The van der Waals surface area contributed by atoms with E-state index in [0.717, 1.165) is 23.3 Å². The summed E-state index contributed by atoms with van der Waals surface area (Å²) >= 11 is 0. The van der Waals surface area contributed by atoms with E-state index >= 15 is 0 Å². The second-order valence-electron chi connectivity index (χ2n) is 13.0. The third-order valence-electron chi connectivity index (χ3n) is 8.66. The number of carbonyl (C=O) groups excluding carboxylic acids is 2. The largest absolute Gasteiger partial charge is 0.514 e. The predicted molar refractivity (Wildman–Crippen MR) is 181 cm³/mol. The first-order valence-corrected chi connectivity index (χ1v) is 15.6. The summed E-state index contributed by atoms with van der Waals surface area (Å²) in [4.78, 5) is 22.6. The van der Waals surface area contributed by atoms with Crippen molar-refractivity contribution in [1.82, 2.24) is 0 Å². The molecule has 4 unspecified atom stereocenters. The normalized spacial score (nSPS) is 21.4. The SMILES string of the molecule is C=CC(=O)OC1CC2CCC1(C)C2(C)C.C=Cc1ccc(OC(=O)OC(C)(C)C)cc1.C=Cc1ccc(OC(C)OCC)cc1. The molecular weight excluding hydrogens is 568 g/mol. The van der Waals surface area contributed by atoms with Crippen LogP contribution in [0.5, 0.6) is 11.5 Å². The quantitative estimate of drug-likeness (QED) is 0.119. The van der Waals surface area contributed by atoms with Crippen molar-refractivity contribution in [3.63, 3.8) is 0 Å². The van der Waals surface area contributed by atoms with Crippen molar-refractivity contribution in [2.24, 2.45) is 16.7 Å². The van der Waals surface area contributed by atoms with Crippen molar-refractivity contribution >= 4 is 24.3 Å². The van der Waals surface area contributed by atoms with Gasteiger partial charge in [0, 0.05) is 18.1 Å². The lowest BCUT2D eigenvalue weighted by Crippen LogP contribution is -2.38. The summed E-state index contributed by atoms with van der Waals surface area (Å²) in [5.74, 6) is 1.71. The third-order valence-corrected chi connectivity index (χ3v) is 8.66. The Morgan fingerprint density at radius 3 is 1.87 bits per heavy atom. The summed E-state index contributed by atoms with van der Waals surface area (Å²) in [5, 5.41) is 0. The van der Waals surface area contributed by atoms with E-state index in [2.05, 4.69) is 40.5 Å². The highest BCUT2D eigenvalue weighted by atomic mass is 16.7. The second kappa shape index (κ2) is 16.5. The van der Waals surface area contributed by atoms with Crippen LogP contribution in [-0.4, -0.2) is 36.7 Å². The summed E-state index contributed by atoms with van der Waals surface area (Å²) in [7, 11) is 0. The van der Waals surface area contributed by atoms with Gasteiger partial charge in [-0.2, -0.15) is 0 Å². The van der Waals surface area contributed by atoms with Crippen molar-refractivity contribution in [3.8, 4) is 11.5 Å². The highest BCUT2D eigenvalue weighted by Crippen LogP contribution is 2.66. The zero-order valence-electron chi connectivity index (χ0n) is 28.4. The van der Waals surface area contributed by atoms with Crippen LogP contribution < -0.4 is 9.47 Å². The molecule has 7 heteroatoms. The van der Waals surface area contributed by atoms with Crippen LogP contribution in [0.25, 0.3) is 12.2 Å². The molecule has 0 spiro atoms. The average Bonchev–Trinajstić information content (AvgIpc) is 3.31. The molecule has 2 aromatic rings. The van der Waals surface area contributed by atoms with Crippen LogP contribution >= 0.6 is 0 Å². The Hall–Kier alpha value is -3.84. The van der Waals surface area contributed by atoms with Gasteiger partial charge in [-0.05, 0) is 101 Å². The summed E-state index contributed by atoms with van der Waals surface area (Å²) in [6, 6.07) is 14.8. The summed E-state index contributed by atoms with van der Waals surface area (Å²) in [6.45, 7) is 27.5. The van der Waals surface area contributed by atoms with E-state index in [9.17, 15) is 9.59 Å². The van der Waals surface area contributed by atoms with Crippen LogP contribution in [-0.2, 0) is 19.0 Å². The highest BCUT2D eigenvalue weighted by molar-refractivity contribution is 5.81. The highest BCUT2D eigenvalue weighted by Gasteiger charge is 2.62. The topological polar surface area (TPSA) is 80.3 Å². The Bertz CT molecular complexity index is 1270. The Morgan fingerprint density at radius 1 is 0.933 bits per heavy atom. The molecule has 4 atom stereocenters. The van der Waals surface area contributed by atoms with Crippen molar-refractivity contribution in [1.29, 1.82) is 0 Å². The van der Waals surface area contributed by atoms with Crippen LogP contribution in [0.4, 0.5) is 4.79 Å². The number of esters is 1. The van der Waals surface area contributed by atoms with Gasteiger partial charge < -0.3 is 23.7 Å². The van der Waals surface area contributed by atoms with Gasteiger partial charge in [0.05, 0.1) is 0 Å². The molecule has 0 amide bonds. The summed E-state index contributed by atoms with van der Waals surface area (Å²) in [5.41, 5.74) is 1.98. The molecular formula is C38H52O7. The van der Waals surface area contributed by atoms with Gasteiger partial charge in [0.2, 0.25) is 0 Å². The van der Waals surface area contributed by atoms with E-state index < -0.39 is 11.8 Å². The Morgan fingerprint density at radius 2 is 1.47 bits per heavy atom. The van der Waals surface area contributed by atoms with Crippen LogP contribution in [0, 0.1) is 16.7 Å². The summed E-state index contributed by atoms with van der Waals surface area (Å²) < 4.78 is 26.2. The minimum atomic E-state index is -0.696. The lowest BCUT2D eigenvalue weighted by molar-refractivity contribution is -0.150. The first-order chi connectivity index (χ1) is 21.1. The minimum Gasteiger partial charge on any atom is -0.465 e. The van der Waals surface area contributed by atoms with Crippen LogP contribution in [0.15, 0.2) is 74.3 Å². The van der Waals surface area contributed by atoms with E-state index in [0.29, 0.717) is 23.7 Å². The van der Waals surface area contributed by atoms with Crippen molar-refractivity contribution in [2.75, 3.05) is 6.61 Å². The van der Waals surface area contributed by atoms with Crippen LogP contribution in [0.1, 0.15) is 85.8 Å². The molecule has 45 heavy (non-hydrogen) atoms. The summed E-state index contributed by atoms with van der Waals surface area (Å²) in [6.07, 6.45) is 7.48. The molecule has 0 heterocycles. The molecule has 2 bridgehead atoms. The number of benzene rings is 2. The lowest BCUT2D eigenvalue weighted by atomic mass is 9.70. The predicted octanol–water partition coefficient (Wildman–Crippen LogP) is 9.66. The number of ether oxygens (including phenoxy) is 5. The number of hydrogen-bond donors (Lipinski definition) is 0. The van der Waals surface area contributed by atoms with Gasteiger partial charge in [-0.15, -0.1) is 0 Å². The molecule has 2 aliphatic rings. The molecule has 4 rings (SSSR count). The Balaban J connectivity index is 0.000000236. The van der Waals surface area contributed by atoms with E-state index in [1.165, 1.54) is 18.9 Å². The van der Waals surface area contributed by atoms with Crippen LogP contribution in [0.2, 0.25) is 0 Å². The van der Waals surface area contributed by atoms with E-state index in [1.807, 2.05) is 50.2 Å². The molecule has 246 valence electrons. The first-order valence-electron chi connectivity index (χ1n) is 15.6. The fourth-order valence-electron chi connectivity index (χ4n) is 5.68. The van der Waals surface area contributed by atoms with E-state index in [4.69, 9.17) is 23.7 Å². The number of fused-ring (bicyclic) bond motifs is 2. The maximum Gasteiger partial charge on any atom is 0.514 e. The molecule has 0 aromatic heterocycles. The fraction of sp³-hybridized carbons (Fsp3) is 0.474. The molecule has 0 aliphatic heterocycles. The maximum absolute atomic E-state index is 11.3. The van der Waals surface area contributed by atoms with Gasteiger partial charge in [-0.3, -0.25) is 0 Å². The zero-order chi connectivity index (χ0) is 33.8. The van der Waals surface area contributed by atoms with Crippen molar-refractivity contribution < 1.29 is 33.3 Å². The van der Waals surface area contributed by atoms with Crippen molar-refractivity contribution in [2.45, 2.75) is 92.6 Å². The molecule has 2 saturated carbocycles. The molecule has 7 nitrogen and oxygen atoms in total.